The van der Waals surface area contributed by atoms with Crippen molar-refractivity contribution in [2.45, 2.75) is 0 Å². The predicted octanol–water partition coefficient (Wildman–Crippen LogP) is -0.495. The summed E-state index contributed by atoms with van der Waals surface area (Å²) in [7, 11) is 3.92. The third-order valence-corrected chi connectivity index (χ3v) is 1.86. The van der Waals surface area contributed by atoms with E-state index in [1.807, 2.05) is 19.0 Å². The Hall–Kier alpha value is -1.60. The molecular formula is C11H21N3O4. The second-order valence-corrected chi connectivity index (χ2v) is 3.79. The average molecular weight is 259 g/mol. The quantitative estimate of drug-likeness (QED) is 0.384. The summed E-state index contributed by atoms with van der Waals surface area (Å²) in [5.41, 5.74) is 0. The van der Waals surface area contributed by atoms with Gasteiger partial charge in [-0.1, -0.05) is 6.08 Å². The number of carboxylic acids is 1. The van der Waals surface area contributed by atoms with E-state index in [4.69, 9.17) is 9.84 Å². The molecule has 0 fully saturated rings. The number of amides is 2. The molecule has 104 valence electrons. The molecule has 0 aliphatic rings. The lowest BCUT2D eigenvalue weighted by molar-refractivity contribution is -0.131. The molecule has 7 heteroatoms. The molecule has 2 amide bonds. The van der Waals surface area contributed by atoms with Gasteiger partial charge in [-0.2, -0.15) is 0 Å². The van der Waals surface area contributed by atoms with Crippen LogP contribution in [0, 0.1) is 0 Å². The van der Waals surface area contributed by atoms with Crippen molar-refractivity contribution in [2.24, 2.45) is 0 Å². The number of carbonyl (C=O) groups is 2. The van der Waals surface area contributed by atoms with Gasteiger partial charge in [0.2, 0.25) is 0 Å². The summed E-state index contributed by atoms with van der Waals surface area (Å²) < 4.78 is 5.28. The summed E-state index contributed by atoms with van der Waals surface area (Å²) in [4.78, 5) is 23.3. The summed E-state index contributed by atoms with van der Waals surface area (Å²) >= 11 is 0. The molecule has 0 saturated carbocycles. The van der Waals surface area contributed by atoms with Crippen molar-refractivity contribution in [3.05, 3.63) is 12.2 Å². The van der Waals surface area contributed by atoms with Crippen LogP contribution in [0.3, 0.4) is 0 Å². The Morgan fingerprint density at radius 1 is 1.28 bits per heavy atom. The van der Waals surface area contributed by atoms with E-state index in [-0.39, 0.29) is 12.6 Å². The van der Waals surface area contributed by atoms with Crippen molar-refractivity contribution in [3.8, 4) is 0 Å². The molecule has 0 spiro atoms. The zero-order chi connectivity index (χ0) is 13.8. The first-order chi connectivity index (χ1) is 8.52. The average Bonchev–Trinajstić information content (AvgIpc) is 2.28. The number of hydrogen-bond donors (Lipinski definition) is 3. The van der Waals surface area contributed by atoms with Gasteiger partial charge in [-0.05, 0) is 14.1 Å². The van der Waals surface area contributed by atoms with Crippen molar-refractivity contribution in [3.63, 3.8) is 0 Å². The molecule has 0 rings (SSSR count). The zero-order valence-electron chi connectivity index (χ0n) is 10.8. The van der Waals surface area contributed by atoms with E-state index in [2.05, 4.69) is 10.6 Å². The van der Waals surface area contributed by atoms with Gasteiger partial charge < -0.3 is 25.4 Å². The Bertz CT molecular complexity index is 279. The summed E-state index contributed by atoms with van der Waals surface area (Å²) in [5, 5.41) is 13.4. The van der Waals surface area contributed by atoms with Gasteiger partial charge in [0.05, 0.1) is 13.2 Å². The minimum atomic E-state index is -1.04. The van der Waals surface area contributed by atoms with Crippen LogP contribution in [0.1, 0.15) is 0 Å². The fraction of sp³-hybridized carbons (Fsp3) is 0.636. The normalized spacial score (nSPS) is 10.8. The smallest absolute Gasteiger partial charge is 0.328 e. The van der Waals surface area contributed by atoms with Crippen LogP contribution < -0.4 is 10.6 Å². The second kappa shape index (κ2) is 10.5. The van der Waals surface area contributed by atoms with Gasteiger partial charge in [0.25, 0.3) is 0 Å². The molecule has 0 aromatic heterocycles. The lowest BCUT2D eigenvalue weighted by atomic mass is 10.5. The predicted molar refractivity (Wildman–Crippen MR) is 67.6 cm³/mol. The van der Waals surface area contributed by atoms with E-state index in [9.17, 15) is 9.59 Å². The first-order valence-electron chi connectivity index (χ1n) is 5.66. The van der Waals surface area contributed by atoms with E-state index in [0.29, 0.717) is 19.8 Å². The largest absolute Gasteiger partial charge is 0.478 e. The molecule has 7 nitrogen and oxygen atoms in total. The van der Waals surface area contributed by atoms with Gasteiger partial charge >= 0.3 is 12.0 Å². The number of hydrogen-bond acceptors (Lipinski definition) is 4. The fourth-order valence-electron chi connectivity index (χ4n) is 0.960. The molecule has 0 atom stereocenters. The Morgan fingerprint density at radius 2 is 2.00 bits per heavy atom. The standard InChI is InChI=1S/C11H21N3O4/c1-14(2)7-9-18-8-6-13-11(17)12-5-3-4-10(15)16/h3-4H,5-9H2,1-2H3,(H,15,16)(H2,12,13,17)/b4-3+. The third-order valence-electron chi connectivity index (χ3n) is 1.86. The molecule has 0 saturated heterocycles. The highest BCUT2D eigenvalue weighted by molar-refractivity contribution is 5.80. The Balaban J connectivity index is 3.35. The molecule has 0 heterocycles. The summed E-state index contributed by atoms with van der Waals surface area (Å²) in [5.74, 6) is -1.04. The zero-order valence-corrected chi connectivity index (χ0v) is 10.8. The summed E-state index contributed by atoms with van der Waals surface area (Å²) in [6.45, 7) is 2.51. The van der Waals surface area contributed by atoms with Gasteiger partial charge in [0.1, 0.15) is 0 Å². The van der Waals surface area contributed by atoms with E-state index in [1.54, 1.807) is 0 Å². The molecular weight excluding hydrogens is 238 g/mol. The van der Waals surface area contributed by atoms with Gasteiger partial charge in [-0.25, -0.2) is 9.59 Å². The van der Waals surface area contributed by atoms with Crippen molar-refractivity contribution < 1.29 is 19.4 Å². The van der Waals surface area contributed by atoms with Crippen LogP contribution in [0.5, 0.6) is 0 Å². The number of nitrogens with zero attached hydrogens (tertiary/aromatic N) is 1. The molecule has 3 N–H and O–H groups in total. The van der Waals surface area contributed by atoms with Gasteiger partial charge in [-0.3, -0.25) is 0 Å². The topological polar surface area (TPSA) is 90.9 Å². The van der Waals surface area contributed by atoms with E-state index < -0.39 is 5.97 Å². The number of rotatable bonds is 9. The van der Waals surface area contributed by atoms with Gasteiger partial charge in [0.15, 0.2) is 0 Å². The molecule has 18 heavy (non-hydrogen) atoms. The lowest BCUT2D eigenvalue weighted by Crippen LogP contribution is -2.37. The highest BCUT2D eigenvalue weighted by atomic mass is 16.5. The minimum Gasteiger partial charge on any atom is -0.478 e. The molecule has 0 aliphatic carbocycles. The molecule has 0 aromatic rings. The Morgan fingerprint density at radius 3 is 2.61 bits per heavy atom. The van der Waals surface area contributed by atoms with Crippen LogP contribution in [0.4, 0.5) is 4.79 Å². The maximum absolute atomic E-state index is 11.2. The van der Waals surface area contributed by atoms with E-state index in [1.165, 1.54) is 6.08 Å². The van der Waals surface area contributed by atoms with Crippen molar-refractivity contribution >= 4 is 12.0 Å². The number of aliphatic carboxylic acids is 1. The van der Waals surface area contributed by atoms with Crippen LogP contribution in [0.2, 0.25) is 0 Å². The van der Waals surface area contributed by atoms with Crippen LogP contribution in [-0.4, -0.2) is 69.0 Å². The molecule has 0 radical (unpaired) electrons. The maximum Gasteiger partial charge on any atom is 0.328 e. The Kier molecular flexibility index (Phi) is 9.61. The molecule has 0 aromatic carbocycles. The number of ether oxygens (including phenoxy) is 1. The SMILES string of the molecule is CN(C)CCOCCNC(=O)NC/C=C/C(=O)O. The maximum atomic E-state index is 11.2. The van der Waals surface area contributed by atoms with Crippen molar-refractivity contribution in [1.82, 2.24) is 15.5 Å². The van der Waals surface area contributed by atoms with Gasteiger partial charge in [0, 0.05) is 25.7 Å². The number of nitrogens with one attached hydrogen (secondary N) is 2. The second-order valence-electron chi connectivity index (χ2n) is 3.79. The molecule has 0 bridgehead atoms. The number of urea groups is 1. The van der Waals surface area contributed by atoms with Crippen LogP contribution in [0.15, 0.2) is 12.2 Å². The first kappa shape index (κ1) is 16.4. The van der Waals surface area contributed by atoms with E-state index in [0.717, 1.165) is 12.6 Å². The molecule has 0 unspecified atom stereocenters. The highest BCUT2D eigenvalue weighted by Gasteiger charge is 1.97. The van der Waals surface area contributed by atoms with Crippen LogP contribution in [-0.2, 0) is 9.53 Å². The minimum absolute atomic E-state index is 0.180. The van der Waals surface area contributed by atoms with Crippen LogP contribution >= 0.6 is 0 Å². The monoisotopic (exact) mass is 259 g/mol. The summed E-state index contributed by atoms with van der Waals surface area (Å²) in [6.07, 6.45) is 2.33. The van der Waals surface area contributed by atoms with Gasteiger partial charge in [-0.15, -0.1) is 0 Å². The number of carboxylic acid groups (broad SMARTS) is 1. The van der Waals surface area contributed by atoms with Crippen LogP contribution in [0.25, 0.3) is 0 Å². The van der Waals surface area contributed by atoms with Crippen molar-refractivity contribution in [2.75, 3.05) is 46.9 Å². The first-order valence-corrected chi connectivity index (χ1v) is 5.66. The Labute approximate surface area is 107 Å². The fourth-order valence-corrected chi connectivity index (χ4v) is 0.960. The van der Waals surface area contributed by atoms with E-state index >= 15 is 0 Å². The third kappa shape index (κ3) is 12.5. The lowest BCUT2D eigenvalue weighted by Gasteiger charge is -2.10. The number of likely N-dealkylation sites (N-methyl/N-ethyl adjacent to an activating group) is 1. The summed E-state index contributed by atoms with van der Waals surface area (Å²) in [6, 6.07) is -0.346. The molecule has 0 aliphatic heterocycles. The number of carbonyl (C=O) groups excluding carboxylic acids is 1. The van der Waals surface area contributed by atoms with Crippen molar-refractivity contribution in [1.29, 1.82) is 0 Å². The highest BCUT2D eigenvalue weighted by Crippen LogP contribution is 1.78.